The van der Waals surface area contributed by atoms with E-state index >= 15 is 0 Å². The number of hydrogen-bond donors (Lipinski definition) is 0. The van der Waals surface area contributed by atoms with Gasteiger partial charge in [-0.2, -0.15) is 0 Å². The predicted molar refractivity (Wildman–Crippen MR) is 161 cm³/mol. The van der Waals surface area contributed by atoms with E-state index in [2.05, 4.69) is 135 Å². The van der Waals surface area contributed by atoms with Crippen LogP contribution in [-0.4, -0.2) is 28.9 Å². The Labute approximate surface area is 225 Å². The van der Waals surface area contributed by atoms with E-state index in [1.165, 1.54) is 27.7 Å². The Morgan fingerprint density at radius 2 is 0.706 bits per heavy atom. The molecule has 0 unspecified atom stereocenters. The van der Waals surface area contributed by atoms with Gasteiger partial charge >= 0.3 is 227 Å². The zero-order valence-corrected chi connectivity index (χ0v) is 26.4. The van der Waals surface area contributed by atoms with Gasteiger partial charge in [-0.15, -0.1) is 0 Å². The van der Waals surface area contributed by atoms with E-state index in [9.17, 15) is 0 Å². The quantitative estimate of drug-likeness (QED) is 0.219. The molecule has 0 spiro atoms. The average molecular weight is 571 g/mol. The zero-order valence-electron chi connectivity index (χ0n) is 22.1. The van der Waals surface area contributed by atoms with Gasteiger partial charge in [0.25, 0.3) is 0 Å². The first kappa shape index (κ1) is 27.8. The van der Waals surface area contributed by atoms with E-state index in [0.717, 1.165) is 0 Å². The fraction of sp³-hybridized carbons (Fsp3) is 0.400. The molecule has 0 N–H and O–H groups in total. The molecule has 0 radical (unpaired) electrons. The van der Waals surface area contributed by atoms with Crippen molar-refractivity contribution in [1.82, 2.24) is 0 Å². The van der Waals surface area contributed by atoms with Gasteiger partial charge in [-0.3, -0.25) is 0 Å². The molecule has 0 aliphatic carbocycles. The number of thioether (sulfide) groups is 3. The summed E-state index contributed by atoms with van der Waals surface area (Å²) in [6.07, 6.45) is 0. The summed E-state index contributed by atoms with van der Waals surface area (Å²) in [5.41, 5.74) is 0. The third-order valence-corrected chi connectivity index (χ3v) is 12.8. The summed E-state index contributed by atoms with van der Waals surface area (Å²) < 4.78 is 5.09. The molecule has 0 nitrogen and oxygen atoms in total. The van der Waals surface area contributed by atoms with Crippen LogP contribution >= 0.6 is 35.3 Å². The van der Waals surface area contributed by atoms with E-state index in [-0.39, 0.29) is 14.2 Å². The first-order valence-corrected chi connectivity index (χ1v) is 17.1. The number of rotatable bonds is 6. The minimum atomic E-state index is -1.73. The van der Waals surface area contributed by atoms with Crippen molar-refractivity contribution in [3.8, 4) is 0 Å². The van der Waals surface area contributed by atoms with Crippen LogP contribution in [0.1, 0.15) is 62.3 Å². The van der Waals surface area contributed by atoms with Crippen LogP contribution < -0.4 is 13.1 Å². The molecular formula is C30H39AsS3. The van der Waals surface area contributed by atoms with Crippen molar-refractivity contribution in [1.29, 1.82) is 0 Å². The van der Waals surface area contributed by atoms with E-state index in [4.69, 9.17) is 0 Å². The van der Waals surface area contributed by atoms with E-state index < -0.39 is 14.7 Å². The van der Waals surface area contributed by atoms with Crippen molar-refractivity contribution in [2.75, 3.05) is 0 Å². The summed E-state index contributed by atoms with van der Waals surface area (Å²) in [5.74, 6) is 0. The van der Waals surface area contributed by atoms with Gasteiger partial charge in [0.2, 0.25) is 0 Å². The SMILES string of the molecule is CC(C)(C)Sc1cccc([As](c2cccc(SC(C)(C)C)c2)c2cccc(SC(C)(C)C)c2)c1. The van der Waals surface area contributed by atoms with E-state index in [1.54, 1.807) is 0 Å². The standard InChI is InChI=1S/C30H39AsS3/c1-28(2,3)32-25-16-10-13-22(19-25)31(23-14-11-17-26(20-23)33-29(4,5)6)24-15-12-18-27(21-24)34-30(7,8)9/h10-21H,1-9H3. The summed E-state index contributed by atoms with van der Waals surface area (Å²) in [5, 5.41) is 0. The molecule has 0 saturated carbocycles. The van der Waals surface area contributed by atoms with Gasteiger partial charge in [-0.25, -0.2) is 0 Å². The predicted octanol–water partition coefficient (Wildman–Crippen LogP) is 7.87. The van der Waals surface area contributed by atoms with Crippen LogP contribution in [0.15, 0.2) is 87.5 Å². The van der Waals surface area contributed by atoms with Crippen LogP contribution in [0.2, 0.25) is 0 Å². The molecule has 0 atom stereocenters. The van der Waals surface area contributed by atoms with Crippen LogP contribution in [0, 0.1) is 0 Å². The van der Waals surface area contributed by atoms with Gasteiger partial charge in [-0.1, -0.05) is 0 Å². The first-order chi connectivity index (χ1) is 15.7. The van der Waals surface area contributed by atoms with E-state index in [1.807, 2.05) is 35.3 Å². The Morgan fingerprint density at radius 1 is 0.441 bits per heavy atom. The maximum atomic E-state index is 2.46. The summed E-state index contributed by atoms with van der Waals surface area (Å²) in [6.45, 7) is 20.6. The molecule has 34 heavy (non-hydrogen) atoms. The molecule has 0 bridgehead atoms. The average Bonchev–Trinajstić information content (AvgIpc) is 2.65. The molecule has 0 fully saturated rings. The summed E-state index contributed by atoms with van der Waals surface area (Å²) in [6, 6.07) is 28.0. The van der Waals surface area contributed by atoms with Gasteiger partial charge in [0.05, 0.1) is 0 Å². The summed E-state index contributed by atoms with van der Waals surface area (Å²) in [7, 11) is 0. The molecular weight excluding hydrogens is 531 g/mol. The van der Waals surface area contributed by atoms with Crippen molar-refractivity contribution in [3.05, 3.63) is 72.8 Å². The van der Waals surface area contributed by atoms with Crippen molar-refractivity contribution in [2.45, 2.75) is 91.2 Å². The Bertz CT molecular complexity index is 959. The van der Waals surface area contributed by atoms with Crippen molar-refractivity contribution < 1.29 is 0 Å². The molecule has 4 heteroatoms. The topological polar surface area (TPSA) is 0 Å². The van der Waals surface area contributed by atoms with Crippen molar-refractivity contribution in [2.24, 2.45) is 0 Å². The fourth-order valence-corrected chi connectivity index (χ4v) is 12.3. The fourth-order valence-electron chi connectivity index (χ4n) is 3.57. The summed E-state index contributed by atoms with van der Waals surface area (Å²) in [4.78, 5) is 4.10. The van der Waals surface area contributed by atoms with Gasteiger partial charge < -0.3 is 0 Å². The number of benzene rings is 3. The van der Waals surface area contributed by atoms with Crippen molar-refractivity contribution >= 4 is 63.0 Å². The zero-order chi connectivity index (χ0) is 25.1. The second-order valence-corrected chi connectivity index (χ2v) is 21.8. The third-order valence-electron chi connectivity index (χ3n) is 4.50. The molecule has 3 aromatic carbocycles. The van der Waals surface area contributed by atoms with Crippen LogP contribution in [0.25, 0.3) is 0 Å². The summed E-state index contributed by atoms with van der Waals surface area (Å²) >= 11 is 4.15. The third kappa shape index (κ3) is 9.05. The monoisotopic (exact) mass is 570 g/mol. The van der Waals surface area contributed by atoms with E-state index in [0.29, 0.717) is 0 Å². The van der Waals surface area contributed by atoms with Crippen LogP contribution in [0.3, 0.4) is 0 Å². The normalized spacial score (nSPS) is 12.9. The Morgan fingerprint density at radius 3 is 0.941 bits per heavy atom. The second-order valence-electron chi connectivity index (χ2n) is 11.5. The second kappa shape index (κ2) is 11.1. The van der Waals surface area contributed by atoms with Gasteiger partial charge in [0.1, 0.15) is 0 Å². The molecule has 0 aromatic heterocycles. The Balaban J connectivity index is 2.12. The molecule has 0 amide bonds. The Kier molecular flexibility index (Phi) is 9.11. The van der Waals surface area contributed by atoms with Gasteiger partial charge in [-0.05, 0) is 0 Å². The maximum absolute atomic E-state index is 2.46. The van der Waals surface area contributed by atoms with Crippen LogP contribution in [0.5, 0.6) is 0 Å². The molecule has 182 valence electrons. The molecule has 0 aliphatic rings. The molecule has 3 rings (SSSR count). The molecule has 0 aliphatic heterocycles. The molecule has 3 aromatic rings. The van der Waals surface area contributed by atoms with Crippen molar-refractivity contribution in [3.63, 3.8) is 0 Å². The van der Waals surface area contributed by atoms with Gasteiger partial charge in [0.15, 0.2) is 0 Å². The van der Waals surface area contributed by atoms with Crippen LogP contribution in [-0.2, 0) is 0 Å². The Hall–Kier alpha value is -0.732. The van der Waals surface area contributed by atoms with Gasteiger partial charge in [0, 0.05) is 0 Å². The van der Waals surface area contributed by atoms with Crippen LogP contribution in [0.4, 0.5) is 0 Å². The molecule has 0 saturated heterocycles. The first-order valence-electron chi connectivity index (χ1n) is 11.9. The number of hydrogen-bond acceptors (Lipinski definition) is 3. The minimum absolute atomic E-state index is 0.197. The molecule has 0 heterocycles.